The SMILES string of the molecule is CCNC(Cc1ccc(I)cc1)c1ccc(OC)c(C)c1. The second-order valence-corrected chi connectivity index (χ2v) is 6.42. The summed E-state index contributed by atoms with van der Waals surface area (Å²) in [5.41, 5.74) is 3.85. The monoisotopic (exact) mass is 395 g/mol. The molecule has 0 aliphatic carbocycles. The highest BCUT2D eigenvalue weighted by Gasteiger charge is 2.12. The van der Waals surface area contributed by atoms with E-state index in [1.165, 1.54) is 20.3 Å². The Kier molecular flexibility index (Phi) is 6.06. The van der Waals surface area contributed by atoms with Gasteiger partial charge in [0.15, 0.2) is 0 Å². The third-order valence-corrected chi connectivity index (χ3v) is 4.34. The molecule has 21 heavy (non-hydrogen) atoms. The Balaban J connectivity index is 2.21. The Bertz CT molecular complexity index is 580. The lowest BCUT2D eigenvalue weighted by Gasteiger charge is -2.20. The topological polar surface area (TPSA) is 21.3 Å². The van der Waals surface area contributed by atoms with Gasteiger partial charge in [0.1, 0.15) is 5.75 Å². The molecule has 0 heterocycles. The molecule has 0 bridgehead atoms. The smallest absolute Gasteiger partial charge is 0.121 e. The molecule has 0 aliphatic heterocycles. The average Bonchev–Trinajstić information content (AvgIpc) is 2.49. The standard InChI is InChI=1S/C18H22INO/c1-4-20-17(12-14-5-8-16(19)9-6-14)15-7-10-18(21-3)13(2)11-15/h5-11,17,20H,4,12H2,1-3H3. The molecule has 112 valence electrons. The van der Waals surface area contributed by atoms with Crippen molar-refractivity contribution in [3.63, 3.8) is 0 Å². The van der Waals surface area contributed by atoms with Crippen molar-refractivity contribution < 1.29 is 4.74 Å². The number of benzene rings is 2. The number of halogens is 1. The van der Waals surface area contributed by atoms with Crippen molar-refractivity contribution in [3.05, 3.63) is 62.7 Å². The molecule has 0 amide bonds. The summed E-state index contributed by atoms with van der Waals surface area (Å²) >= 11 is 2.34. The minimum absolute atomic E-state index is 0.333. The summed E-state index contributed by atoms with van der Waals surface area (Å²) in [5.74, 6) is 0.947. The van der Waals surface area contributed by atoms with Crippen molar-refractivity contribution in [2.75, 3.05) is 13.7 Å². The Morgan fingerprint density at radius 1 is 1.14 bits per heavy atom. The van der Waals surface area contributed by atoms with Crippen molar-refractivity contribution in [1.82, 2.24) is 5.32 Å². The van der Waals surface area contributed by atoms with E-state index in [2.05, 4.69) is 84.2 Å². The van der Waals surface area contributed by atoms with E-state index in [-0.39, 0.29) is 0 Å². The van der Waals surface area contributed by atoms with Crippen LogP contribution in [-0.2, 0) is 6.42 Å². The lowest BCUT2D eigenvalue weighted by atomic mass is 9.97. The number of hydrogen-bond acceptors (Lipinski definition) is 2. The van der Waals surface area contributed by atoms with E-state index < -0.39 is 0 Å². The molecule has 0 saturated heterocycles. The van der Waals surface area contributed by atoms with Gasteiger partial charge in [0.05, 0.1) is 7.11 Å². The zero-order valence-electron chi connectivity index (χ0n) is 12.8. The van der Waals surface area contributed by atoms with Gasteiger partial charge in [-0.05, 0) is 77.4 Å². The number of rotatable bonds is 6. The fraction of sp³-hybridized carbons (Fsp3) is 0.333. The van der Waals surface area contributed by atoms with Crippen molar-refractivity contribution in [2.24, 2.45) is 0 Å². The van der Waals surface area contributed by atoms with Gasteiger partial charge in [-0.3, -0.25) is 0 Å². The molecule has 3 heteroatoms. The molecule has 1 atom stereocenters. The van der Waals surface area contributed by atoms with Gasteiger partial charge < -0.3 is 10.1 Å². The molecule has 0 saturated carbocycles. The van der Waals surface area contributed by atoms with E-state index in [0.29, 0.717) is 6.04 Å². The minimum Gasteiger partial charge on any atom is -0.496 e. The van der Waals surface area contributed by atoms with E-state index in [4.69, 9.17) is 4.74 Å². The van der Waals surface area contributed by atoms with Gasteiger partial charge >= 0.3 is 0 Å². The Morgan fingerprint density at radius 2 is 1.86 bits per heavy atom. The maximum Gasteiger partial charge on any atom is 0.121 e. The van der Waals surface area contributed by atoms with Crippen LogP contribution in [0.5, 0.6) is 5.75 Å². The molecular formula is C18H22INO. The molecule has 2 aromatic rings. The van der Waals surface area contributed by atoms with Crippen LogP contribution >= 0.6 is 22.6 Å². The number of nitrogens with one attached hydrogen (secondary N) is 1. The van der Waals surface area contributed by atoms with Crippen LogP contribution in [0.1, 0.15) is 29.7 Å². The highest BCUT2D eigenvalue weighted by Crippen LogP contribution is 2.25. The number of likely N-dealkylation sites (N-methyl/N-ethyl adjacent to an activating group) is 1. The molecule has 1 unspecified atom stereocenters. The van der Waals surface area contributed by atoms with Crippen molar-refractivity contribution >= 4 is 22.6 Å². The number of aryl methyl sites for hydroxylation is 1. The van der Waals surface area contributed by atoms with Crippen LogP contribution in [0, 0.1) is 10.5 Å². The third kappa shape index (κ3) is 4.45. The van der Waals surface area contributed by atoms with Crippen LogP contribution in [0.4, 0.5) is 0 Å². The number of methoxy groups -OCH3 is 1. The first kappa shape index (κ1) is 16.3. The molecule has 2 nitrogen and oxygen atoms in total. The maximum absolute atomic E-state index is 5.35. The summed E-state index contributed by atoms with van der Waals surface area (Å²) in [6.07, 6.45) is 0.997. The molecular weight excluding hydrogens is 373 g/mol. The number of hydrogen-bond donors (Lipinski definition) is 1. The van der Waals surface area contributed by atoms with E-state index in [9.17, 15) is 0 Å². The zero-order valence-corrected chi connectivity index (χ0v) is 15.0. The minimum atomic E-state index is 0.333. The first-order valence-electron chi connectivity index (χ1n) is 7.26. The quantitative estimate of drug-likeness (QED) is 0.728. The molecule has 0 aliphatic rings. The third-order valence-electron chi connectivity index (χ3n) is 3.62. The van der Waals surface area contributed by atoms with E-state index >= 15 is 0 Å². The summed E-state index contributed by atoms with van der Waals surface area (Å²) in [7, 11) is 1.72. The predicted octanol–water partition coefficient (Wildman–Crippen LogP) is 4.50. The molecule has 2 rings (SSSR count). The Morgan fingerprint density at radius 3 is 2.43 bits per heavy atom. The zero-order chi connectivity index (χ0) is 15.2. The van der Waals surface area contributed by atoms with Gasteiger partial charge in [0, 0.05) is 9.61 Å². The molecule has 0 aromatic heterocycles. The lowest BCUT2D eigenvalue weighted by Crippen LogP contribution is -2.23. The summed E-state index contributed by atoms with van der Waals surface area (Å²) in [5, 5.41) is 3.58. The van der Waals surface area contributed by atoms with Crippen LogP contribution in [0.25, 0.3) is 0 Å². The molecule has 0 fully saturated rings. The molecule has 2 aromatic carbocycles. The average molecular weight is 395 g/mol. The fourth-order valence-electron chi connectivity index (χ4n) is 2.53. The second kappa shape index (κ2) is 7.80. The van der Waals surface area contributed by atoms with Gasteiger partial charge in [-0.15, -0.1) is 0 Å². The van der Waals surface area contributed by atoms with Gasteiger partial charge in [-0.25, -0.2) is 0 Å². The summed E-state index contributed by atoms with van der Waals surface area (Å²) in [6, 6.07) is 15.5. The Labute approximate surface area is 141 Å². The molecule has 0 radical (unpaired) electrons. The van der Waals surface area contributed by atoms with E-state index in [1.807, 2.05) is 0 Å². The highest BCUT2D eigenvalue weighted by molar-refractivity contribution is 14.1. The normalized spacial score (nSPS) is 12.2. The van der Waals surface area contributed by atoms with Crippen LogP contribution in [0.3, 0.4) is 0 Å². The Hall–Kier alpha value is -1.07. The van der Waals surface area contributed by atoms with E-state index in [1.54, 1.807) is 7.11 Å². The van der Waals surface area contributed by atoms with Crippen molar-refractivity contribution in [3.8, 4) is 5.75 Å². The second-order valence-electron chi connectivity index (χ2n) is 5.17. The fourth-order valence-corrected chi connectivity index (χ4v) is 2.89. The lowest BCUT2D eigenvalue weighted by molar-refractivity contribution is 0.411. The predicted molar refractivity (Wildman–Crippen MR) is 97.0 cm³/mol. The van der Waals surface area contributed by atoms with Crippen LogP contribution in [0.2, 0.25) is 0 Å². The van der Waals surface area contributed by atoms with Gasteiger partial charge in [-0.1, -0.05) is 31.2 Å². The van der Waals surface area contributed by atoms with E-state index in [0.717, 1.165) is 18.7 Å². The summed E-state index contributed by atoms with van der Waals surface area (Å²) in [6.45, 7) is 5.20. The van der Waals surface area contributed by atoms with Crippen LogP contribution < -0.4 is 10.1 Å². The molecule has 1 N–H and O–H groups in total. The van der Waals surface area contributed by atoms with Crippen LogP contribution in [0.15, 0.2) is 42.5 Å². The van der Waals surface area contributed by atoms with Crippen molar-refractivity contribution in [2.45, 2.75) is 26.3 Å². The van der Waals surface area contributed by atoms with Gasteiger partial charge in [-0.2, -0.15) is 0 Å². The highest BCUT2D eigenvalue weighted by atomic mass is 127. The largest absolute Gasteiger partial charge is 0.496 e. The summed E-state index contributed by atoms with van der Waals surface area (Å²) < 4.78 is 6.62. The molecule has 0 spiro atoms. The number of ether oxygens (including phenoxy) is 1. The first-order chi connectivity index (χ1) is 10.1. The summed E-state index contributed by atoms with van der Waals surface area (Å²) in [4.78, 5) is 0. The maximum atomic E-state index is 5.35. The van der Waals surface area contributed by atoms with Crippen LogP contribution in [-0.4, -0.2) is 13.7 Å². The van der Waals surface area contributed by atoms with Crippen molar-refractivity contribution in [1.29, 1.82) is 0 Å². The van der Waals surface area contributed by atoms with Gasteiger partial charge in [0.25, 0.3) is 0 Å². The van der Waals surface area contributed by atoms with Gasteiger partial charge in [0.2, 0.25) is 0 Å². The first-order valence-corrected chi connectivity index (χ1v) is 8.34.